The number of nitrogens with one attached hydrogen (secondary N) is 1. The molecule has 1 N–H and O–H groups in total. The summed E-state index contributed by atoms with van der Waals surface area (Å²) in [4.78, 5) is 28.7. The van der Waals surface area contributed by atoms with Gasteiger partial charge in [0.25, 0.3) is 0 Å². The predicted molar refractivity (Wildman–Crippen MR) is 188 cm³/mol. The number of carbonyl (C=O) groups excluding carboxylic acids is 1. The van der Waals surface area contributed by atoms with Gasteiger partial charge in [-0.15, -0.1) is 0 Å². The number of alkyl halides is 6. The number of amides is 1. The molecule has 9 nitrogen and oxygen atoms in total. The Morgan fingerprint density at radius 2 is 1.59 bits per heavy atom. The van der Waals surface area contributed by atoms with Gasteiger partial charge in [0.2, 0.25) is 11.8 Å². The summed E-state index contributed by atoms with van der Waals surface area (Å²) in [5, 5.41) is 3.26. The summed E-state index contributed by atoms with van der Waals surface area (Å²) < 4.78 is 96.3. The molecule has 0 saturated heterocycles. The van der Waals surface area contributed by atoms with Gasteiger partial charge in [-0.05, 0) is 62.1 Å². The van der Waals surface area contributed by atoms with E-state index >= 15 is 0 Å². The summed E-state index contributed by atoms with van der Waals surface area (Å²) in [6, 6.07) is 17.6. The highest BCUT2D eigenvalue weighted by Gasteiger charge is 2.49. The summed E-state index contributed by atoms with van der Waals surface area (Å²) in [6.45, 7) is 3.92. The molecule has 54 heavy (non-hydrogen) atoms. The molecular formula is C39H37F6N6O3+. The van der Waals surface area contributed by atoms with Crippen molar-refractivity contribution in [2.24, 2.45) is 0 Å². The number of ether oxygens (including phenoxy) is 2. The molecule has 282 valence electrons. The van der Waals surface area contributed by atoms with E-state index in [2.05, 4.69) is 20.3 Å². The van der Waals surface area contributed by atoms with E-state index in [4.69, 9.17) is 9.47 Å². The third-order valence-corrected chi connectivity index (χ3v) is 9.36. The molecule has 2 atom stereocenters. The summed E-state index contributed by atoms with van der Waals surface area (Å²) >= 11 is 0. The van der Waals surface area contributed by atoms with Crippen molar-refractivity contribution in [2.45, 2.75) is 63.6 Å². The van der Waals surface area contributed by atoms with E-state index in [1.807, 2.05) is 59.4 Å². The fraction of sp³-hybridized carbons (Fsp3) is 0.308. The number of hydrogen-bond acceptors (Lipinski definition) is 7. The van der Waals surface area contributed by atoms with Gasteiger partial charge in [0.05, 0.1) is 47.8 Å². The number of aromatic nitrogens is 4. The van der Waals surface area contributed by atoms with Crippen LogP contribution in [0, 0.1) is 0 Å². The van der Waals surface area contributed by atoms with E-state index in [0.29, 0.717) is 24.4 Å². The summed E-state index contributed by atoms with van der Waals surface area (Å²) in [5.41, 5.74) is -1.26. The van der Waals surface area contributed by atoms with Crippen LogP contribution in [0.4, 0.5) is 42.8 Å². The van der Waals surface area contributed by atoms with Crippen LogP contribution in [0.3, 0.4) is 0 Å². The molecule has 5 aromatic rings. The van der Waals surface area contributed by atoms with Gasteiger partial charge in [-0.1, -0.05) is 37.3 Å². The van der Waals surface area contributed by atoms with Gasteiger partial charge in [-0.25, -0.2) is 24.3 Å². The predicted octanol–water partition coefficient (Wildman–Crippen LogP) is 8.83. The van der Waals surface area contributed by atoms with Crippen molar-refractivity contribution in [1.29, 1.82) is 0 Å². The van der Waals surface area contributed by atoms with Crippen LogP contribution in [0.15, 0.2) is 97.6 Å². The van der Waals surface area contributed by atoms with Gasteiger partial charge in [-0.2, -0.15) is 26.3 Å². The zero-order valence-corrected chi connectivity index (χ0v) is 29.6. The van der Waals surface area contributed by atoms with E-state index in [-0.39, 0.29) is 55.0 Å². The largest absolute Gasteiger partial charge is 0.481 e. The lowest BCUT2D eigenvalue weighted by molar-refractivity contribution is -0.687. The van der Waals surface area contributed by atoms with Gasteiger partial charge in [0, 0.05) is 41.2 Å². The Kier molecular flexibility index (Phi) is 10.8. The van der Waals surface area contributed by atoms with Crippen molar-refractivity contribution in [2.75, 3.05) is 23.9 Å². The van der Waals surface area contributed by atoms with Crippen molar-refractivity contribution >= 4 is 17.7 Å². The highest BCUT2D eigenvalue weighted by Crippen LogP contribution is 2.48. The molecule has 1 aliphatic heterocycles. The van der Waals surface area contributed by atoms with Gasteiger partial charge in [0.1, 0.15) is 0 Å². The van der Waals surface area contributed by atoms with Gasteiger partial charge in [-0.3, -0.25) is 4.90 Å². The van der Waals surface area contributed by atoms with Gasteiger partial charge < -0.3 is 14.8 Å². The van der Waals surface area contributed by atoms with E-state index in [1.165, 1.54) is 18.1 Å². The zero-order chi connectivity index (χ0) is 38.7. The number of carbonyl (C=O) groups is 1. The molecule has 3 aromatic heterocycles. The number of fused-ring (bicyclic) bond motifs is 1. The van der Waals surface area contributed by atoms with Crippen LogP contribution < -0.4 is 19.5 Å². The molecule has 1 aliphatic rings. The van der Waals surface area contributed by atoms with E-state index in [0.717, 1.165) is 16.7 Å². The normalized spacial score (nSPS) is 17.1. The van der Waals surface area contributed by atoms with Crippen LogP contribution in [-0.4, -0.2) is 40.3 Å². The van der Waals surface area contributed by atoms with Gasteiger partial charge >= 0.3 is 18.4 Å². The maximum Gasteiger partial charge on any atom is 0.416 e. The Balaban J connectivity index is 1.38. The standard InChI is InChI=1S/C39H37F6N6O3/c1-4-37(19-26-16-29(38(40,41)42)18-30(17-26)39(43,44)45)20-31(34-32(13-14-33(49-34)53-3)51(37)36(52)54-5-2)48-35-46-21-28(22-47-35)27-12-9-15-50(24-27)23-25-10-7-6-8-11-25/h6-18,21-22,24,31H,4-5,19-20,23H2,1-3H3,(H,46,47,48)/q+1/t31-,37+/m0/s1. The number of hydrogen-bond donors (Lipinski definition) is 1. The second-order valence-corrected chi connectivity index (χ2v) is 12.9. The Morgan fingerprint density at radius 1 is 0.907 bits per heavy atom. The molecule has 0 aliphatic carbocycles. The fourth-order valence-electron chi connectivity index (χ4n) is 6.80. The summed E-state index contributed by atoms with van der Waals surface area (Å²) in [5.74, 6) is 0.394. The number of halogens is 6. The maximum atomic E-state index is 13.9. The lowest BCUT2D eigenvalue weighted by atomic mass is 9.76. The minimum atomic E-state index is -5.05. The van der Waals surface area contributed by atoms with Crippen LogP contribution in [0.25, 0.3) is 11.1 Å². The number of methoxy groups -OCH3 is 1. The Morgan fingerprint density at radius 3 is 2.20 bits per heavy atom. The van der Waals surface area contributed by atoms with E-state index < -0.39 is 41.2 Å². The molecule has 15 heteroatoms. The van der Waals surface area contributed by atoms with Crippen molar-refractivity contribution in [3.8, 4) is 17.0 Å². The molecule has 4 heterocycles. The van der Waals surface area contributed by atoms with Crippen LogP contribution in [-0.2, 0) is 30.1 Å². The smallest absolute Gasteiger partial charge is 0.416 e. The first-order chi connectivity index (χ1) is 25.7. The quantitative estimate of drug-likeness (QED) is 0.113. The number of anilines is 2. The third-order valence-electron chi connectivity index (χ3n) is 9.36. The van der Waals surface area contributed by atoms with Crippen molar-refractivity contribution in [3.63, 3.8) is 0 Å². The third kappa shape index (κ3) is 8.24. The van der Waals surface area contributed by atoms with Crippen molar-refractivity contribution in [1.82, 2.24) is 15.0 Å². The lowest BCUT2D eigenvalue weighted by Crippen LogP contribution is -2.58. The molecule has 2 aromatic carbocycles. The van der Waals surface area contributed by atoms with Crippen LogP contribution >= 0.6 is 0 Å². The van der Waals surface area contributed by atoms with Crippen LogP contribution in [0.2, 0.25) is 0 Å². The Labute approximate surface area is 307 Å². The molecule has 0 saturated carbocycles. The first-order valence-electron chi connectivity index (χ1n) is 17.1. The second-order valence-electron chi connectivity index (χ2n) is 12.9. The fourth-order valence-corrected chi connectivity index (χ4v) is 6.80. The van der Waals surface area contributed by atoms with Crippen molar-refractivity contribution in [3.05, 3.63) is 126 Å². The average Bonchev–Trinajstić information content (AvgIpc) is 3.15. The average molecular weight is 752 g/mol. The van der Waals surface area contributed by atoms with E-state index in [9.17, 15) is 31.1 Å². The minimum Gasteiger partial charge on any atom is -0.481 e. The maximum absolute atomic E-state index is 13.9. The van der Waals surface area contributed by atoms with E-state index in [1.54, 1.807) is 32.3 Å². The number of benzene rings is 2. The molecule has 0 fully saturated rings. The molecular weight excluding hydrogens is 714 g/mol. The van der Waals surface area contributed by atoms with Crippen molar-refractivity contribution < 1.29 is 45.2 Å². The molecule has 1 amide bonds. The molecule has 0 radical (unpaired) electrons. The van der Waals surface area contributed by atoms with Crippen LogP contribution in [0.5, 0.6) is 5.88 Å². The molecule has 0 bridgehead atoms. The molecule has 0 unspecified atom stereocenters. The Bertz CT molecular complexity index is 2060. The number of pyridine rings is 2. The van der Waals surface area contributed by atoms with Gasteiger partial charge in [0.15, 0.2) is 18.9 Å². The number of nitrogens with zero attached hydrogens (tertiary/aromatic N) is 5. The van der Waals surface area contributed by atoms with Crippen LogP contribution in [0.1, 0.15) is 60.7 Å². The second kappa shape index (κ2) is 15.3. The first kappa shape index (κ1) is 38.0. The first-order valence-corrected chi connectivity index (χ1v) is 17.1. The molecule has 6 rings (SSSR count). The Hall–Kier alpha value is -5.73. The SMILES string of the molecule is CCOC(=O)N1c2ccc(OC)nc2[C@@H](Nc2ncc(-c3ccc[n+](Cc4ccccc4)c3)cn2)C[C@@]1(CC)Cc1cc(C(F)(F)F)cc(C(F)(F)F)c1. The molecule has 0 spiro atoms. The highest BCUT2D eigenvalue weighted by atomic mass is 19.4. The summed E-state index contributed by atoms with van der Waals surface area (Å²) in [6.07, 6.45) is -4.00. The zero-order valence-electron chi connectivity index (χ0n) is 29.6. The number of rotatable bonds is 10. The summed E-state index contributed by atoms with van der Waals surface area (Å²) in [7, 11) is 1.42. The lowest BCUT2D eigenvalue weighted by Gasteiger charge is -2.49. The monoisotopic (exact) mass is 751 g/mol. The topological polar surface area (TPSA) is 93.3 Å². The highest BCUT2D eigenvalue weighted by molar-refractivity contribution is 5.91. The minimum absolute atomic E-state index is 0.0175.